The maximum absolute atomic E-state index is 11.5. The Morgan fingerprint density at radius 1 is 1.24 bits per heavy atom. The minimum atomic E-state index is 0. The molecule has 7 nitrogen and oxygen atoms in total. The molecule has 0 unspecified atom stereocenters. The average molecular weight is 515 g/mol. The Bertz CT molecular complexity index is 717. The number of piperidine rings is 1. The van der Waals surface area contributed by atoms with Crippen molar-refractivity contribution in [3.63, 3.8) is 0 Å². The van der Waals surface area contributed by atoms with Gasteiger partial charge in [0.05, 0.1) is 6.54 Å². The fourth-order valence-electron chi connectivity index (χ4n) is 4.17. The quantitative estimate of drug-likeness (QED) is 0.273. The molecule has 2 aliphatic rings. The molecule has 0 saturated carbocycles. The maximum Gasteiger partial charge on any atom is 0.233 e. The van der Waals surface area contributed by atoms with Crippen LogP contribution in [0.3, 0.4) is 0 Å². The first-order valence-corrected chi connectivity index (χ1v) is 10.3. The van der Waals surface area contributed by atoms with Gasteiger partial charge in [-0.15, -0.1) is 24.0 Å². The van der Waals surface area contributed by atoms with Crippen LogP contribution in [0.2, 0.25) is 0 Å². The number of benzene rings is 1. The number of likely N-dealkylation sites (tertiary alicyclic amines) is 1. The first-order chi connectivity index (χ1) is 13.6. The van der Waals surface area contributed by atoms with Gasteiger partial charge in [0.25, 0.3) is 0 Å². The lowest BCUT2D eigenvalue weighted by molar-refractivity contribution is -0.122. The zero-order valence-electron chi connectivity index (χ0n) is 17.5. The van der Waals surface area contributed by atoms with E-state index in [4.69, 9.17) is 0 Å². The zero-order chi connectivity index (χ0) is 19.9. The van der Waals surface area contributed by atoms with Crippen LogP contribution in [0.25, 0.3) is 0 Å². The first-order valence-electron chi connectivity index (χ1n) is 10.3. The minimum absolute atomic E-state index is 0. The number of aromatic hydroxyl groups is 1. The lowest BCUT2D eigenvalue weighted by Gasteiger charge is -2.32. The summed E-state index contributed by atoms with van der Waals surface area (Å²) >= 11 is 0. The summed E-state index contributed by atoms with van der Waals surface area (Å²) in [5.74, 6) is 1.19. The van der Waals surface area contributed by atoms with E-state index in [9.17, 15) is 9.90 Å². The molecule has 1 aliphatic heterocycles. The topological polar surface area (TPSA) is 89.0 Å². The Labute approximate surface area is 190 Å². The van der Waals surface area contributed by atoms with Crippen molar-refractivity contribution in [2.24, 2.45) is 4.99 Å². The molecule has 0 bridgehead atoms. The summed E-state index contributed by atoms with van der Waals surface area (Å²) in [6, 6.07) is 4.22. The number of guanidine groups is 1. The van der Waals surface area contributed by atoms with E-state index in [0.29, 0.717) is 24.9 Å². The van der Waals surface area contributed by atoms with E-state index in [1.165, 1.54) is 24.0 Å². The predicted molar refractivity (Wildman–Crippen MR) is 127 cm³/mol. The second kappa shape index (κ2) is 11.6. The van der Waals surface area contributed by atoms with E-state index in [0.717, 1.165) is 50.3 Å². The van der Waals surface area contributed by atoms with Gasteiger partial charge in [-0.05, 0) is 55.7 Å². The van der Waals surface area contributed by atoms with Crippen molar-refractivity contribution in [2.45, 2.75) is 51.1 Å². The molecule has 162 valence electrons. The summed E-state index contributed by atoms with van der Waals surface area (Å²) < 4.78 is 0. The highest BCUT2D eigenvalue weighted by molar-refractivity contribution is 14.0. The van der Waals surface area contributed by atoms with Gasteiger partial charge in [-0.1, -0.05) is 6.07 Å². The Kier molecular flexibility index (Phi) is 9.48. The molecule has 29 heavy (non-hydrogen) atoms. The molecule has 1 amide bonds. The molecule has 0 radical (unpaired) electrons. The Morgan fingerprint density at radius 3 is 2.66 bits per heavy atom. The average Bonchev–Trinajstić information content (AvgIpc) is 2.73. The number of nitrogens with one attached hydrogen (secondary N) is 3. The highest BCUT2D eigenvalue weighted by Crippen LogP contribution is 2.30. The van der Waals surface area contributed by atoms with Crippen LogP contribution in [0.15, 0.2) is 17.1 Å². The van der Waals surface area contributed by atoms with E-state index >= 15 is 0 Å². The molecule has 1 aromatic carbocycles. The lowest BCUT2D eigenvalue weighted by atomic mass is 9.88. The molecular weight excluding hydrogens is 481 g/mol. The second-order valence-electron chi connectivity index (χ2n) is 7.70. The molecule has 3 rings (SSSR count). The van der Waals surface area contributed by atoms with Gasteiger partial charge in [-0.25, -0.2) is 0 Å². The SMILES string of the molecule is CN=C(NCc1c(O)ccc2c1CCCC2)NC1CCN(CC(=O)NC)CC1.I. The summed E-state index contributed by atoms with van der Waals surface area (Å²) in [5, 5.41) is 19.9. The van der Waals surface area contributed by atoms with Crippen LogP contribution in [0.4, 0.5) is 0 Å². The summed E-state index contributed by atoms with van der Waals surface area (Å²) in [4.78, 5) is 18.1. The third-order valence-electron chi connectivity index (χ3n) is 5.86. The van der Waals surface area contributed by atoms with Gasteiger partial charge in [0.15, 0.2) is 5.96 Å². The van der Waals surface area contributed by atoms with Crippen LogP contribution in [-0.2, 0) is 24.2 Å². The van der Waals surface area contributed by atoms with E-state index in [1.54, 1.807) is 14.1 Å². The van der Waals surface area contributed by atoms with Gasteiger partial charge >= 0.3 is 0 Å². The Morgan fingerprint density at radius 2 is 1.97 bits per heavy atom. The molecular formula is C21H34IN5O2. The highest BCUT2D eigenvalue weighted by Gasteiger charge is 2.22. The second-order valence-corrected chi connectivity index (χ2v) is 7.70. The fourth-order valence-corrected chi connectivity index (χ4v) is 4.17. The number of hydrogen-bond donors (Lipinski definition) is 4. The molecule has 4 N–H and O–H groups in total. The molecule has 0 spiro atoms. The molecule has 0 aromatic heterocycles. The number of phenolic OH excluding ortho intramolecular Hbond substituents is 1. The number of carbonyl (C=O) groups is 1. The number of fused-ring (bicyclic) bond motifs is 1. The van der Waals surface area contributed by atoms with Crippen molar-refractivity contribution >= 4 is 35.8 Å². The summed E-state index contributed by atoms with van der Waals surface area (Å²) in [6.07, 6.45) is 6.51. The van der Waals surface area contributed by atoms with Crippen LogP contribution < -0.4 is 16.0 Å². The largest absolute Gasteiger partial charge is 0.508 e. The number of amides is 1. The number of nitrogens with zero attached hydrogens (tertiary/aromatic N) is 2. The highest BCUT2D eigenvalue weighted by atomic mass is 127. The molecule has 8 heteroatoms. The van der Waals surface area contributed by atoms with Crippen molar-refractivity contribution in [1.29, 1.82) is 0 Å². The van der Waals surface area contributed by atoms with Crippen molar-refractivity contribution in [1.82, 2.24) is 20.9 Å². The summed E-state index contributed by atoms with van der Waals surface area (Å²) in [7, 11) is 3.45. The predicted octanol–water partition coefficient (Wildman–Crippen LogP) is 1.76. The smallest absolute Gasteiger partial charge is 0.233 e. The monoisotopic (exact) mass is 515 g/mol. The van der Waals surface area contributed by atoms with Crippen LogP contribution in [0, 0.1) is 0 Å². The van der Waals surface area contributed by atoms with Crippen LogP contribution >= 0.6 is 24.0 Å². The van der Waals surface area contributed by atoms with Gasteiger partial charge in [-0.3, -0.25) is 14.7 Å². The normalized spacial score (nSPS) is 17.8. The van der Waals surface area contributed by atoms with Gasteiger partial charge in [0, 0.05) is 45.3 Å². The van der Waals surface area contributed by atoms with E-state index in [2.05, 4.69) is 31.9 Å². The van der Waals surface area contributed by atoms with Gasteiger partial charge in [0.2, 0.25) is 5.91 Å². The third kappa shape index (κ3) is 6.47. The van der Waals surface area contributed by atoms with Crippen molar-refractivity contribution in [3.05, 3.63) is 28.8 Å². The van der Waals surface area contributed by atoms with Crippen LogP contribution in [-0.4, -0.2) is 61.6 Å². The molecule has 0 atom stereocenters. The molecule has 1 aromatic rings. The van der Waals surface area contributed by atoms with Gasteiger partial charge in [0.1, 0.15) is 5.75 Å². The van der Waals surface area contributed by atoms with E-state index in [1.807, 2.05) is 6.07 Å². The van der Waals surface area contributed by atoms with Crippen LogP contribution in [0.1, 0.15) is 42.4 Å². The minimum Gasteiger partial charge on any atom is -0.508 e. The number of rotatable bonds is 5. The number of likely N-dealkylation sites (N-methyl/N-ethyl adjacent to an activating group) is 1. The number of hydrogen-bond acceptors (Lipinski definition) is 4. The van der Waals surface area contributed by atoms with E-state index < -0.39 is 0 Å². The molecule has 1 heterocycles. The lowest BCUT2D eigenvalue weighted by Crippen LogP contribution is -2.49. The standard InChI is InChI=1S/C21H33N5O2.HI/c1-22-20(28)14-26-11-9-16(10-12-26)25-21(23-2)24-13-18-17-6-4-3-5-15(17)7-8-19(18)27;/h7-8,16,27H,3-6,9-14H2,1-2H3,(H,22,28)(H2,23,24,25);1H. The van der Waals surface area contributed by atoms with Crippen molar-refractivity contribution < 1.29 is 9.90 Å². The number of aryl methyl sites for hydroxylation is 1. The summed E-state index contributed by atoms with van der Waals surface area (Å²) in [5.41, 5.74) is 3.67. The molecule has 1 aliphatic carbocycles. The molecule has 1 fully saturated rings. The van der Waals surface area contributed by atoms with Crippen molar-refractivity contribution in [2.75, 3.05) is 33.7 Å². The number of phenols is 1. The Balaban J connectivity index is 0.00000300. The first kappa shape index (κ1) is 23.7. The van der Waals surface area contributed by atoms with Gasteiger partial charge < -0.3 is 21.1 Å². The fraction of sp³-hybridized carbons (Fsp3) is 0.619. The number of carbonyl (C=O) groups excluding carboxylic acids is 1. The Hall–Kier alpha value is -1.55. The summed E-state index contributed by atoms with van der Waals surface area (Å²) in [6.45, 7) is 2.84. The number of aliphatic imine (C=N–C) groups is 1. The zero-order valence-corrected chi connectivity index (χ0v) is 19.8. The maximum atomic E-state index is 11.5. The van der Waals surface area contributed by atoms with Gasteiger partial charge in [-0.2, -0.15) is 0 Å². The third-order valence-corrected chi connectivity index (χ3v) is 5.86. The van der Waals surface area contributed by atoms with Crippen LogP contribution in [0.5, 0.6) is 5.75 Å². The van der Waals surface area contributed by atoms with E-state index in [-0.39, 0.29) is 29.9 Å². The number of halogens is 1. The molecule has 1 saturated heterocycles. The van der Waals surface area contributed by atoms with Crippen molar-refractivity contribution in [3.8, 4) is 5.75 Å².